The van der Waals surface area contributed by atoms with Gasteiger partial charge in [0, 0.05) is 38.7 Å². The molecule has 11 aromatic rings. The van der Waals surface area contributed by atoms with Gasteiger partial charge in [0.2, 0.25) is 0 Å². The van der Waals surface area contributed by atoms with E-state index in [4.69, 9.17) is 0 Å². The molecule has 2 heteroatoms. The van der Waals surface area contributed by atoms with Gasteiger partial charge in [-0.25, -0.2) is 0 Å². The number of aromatic nitrogens is 1. The predicted octanol–water partition coefficient (Wildman–Crippen LogP) is 16.1. The Bertz CT molecular complexity index is 3300. The summed E-state index contributed by atoms with van der Waals surface area (Å²) in [6, 6.07) is 88.0. The van der Waals surface area contributed by atoms with Gasteiger partial charge in [-0.15, -0.1) is 0 Å². The van der Waals surface area contributed by atoms with Crippen LogP contribution in [0.2, 0.25) is 0 Å². The molecule has 60 heavy (non-hydrogen) atoms. The van der Waals surface area contributed by atoms with Crippen LogP contribution >= 0.6 is 0 Å². The van der Waals surface area contributed by atoms with Crippen molar-refractivity contribution in [3.8, 4) is 50.2 Å². The van der Waals surface area contributed by atoms with Crippen LogP contribution in [0.15, 0.2) is 243 Å². The molecule has 0 aliphatic rings. The summed E-state index contributed by atoms with van der Waals surface area (Å²) >= 11 is 0. The van der Waals surface area contributed by atoms with Gasteiger partial charge >= 0.3 is 0 Å². The lowest BCUT2D eigenvalue weighted by Crippen LogP contribution is -2.12. The molecular weight excluding hydrogens is 725 g/mol. The molecule has 0 amide bonds. The Kier molecular flexibility index (Phi) is 8.87. The standard InChI is InChI=1S/C58H40N2/c1-4-20-41(21-5-1)47-30-12-13-33-52(47)57-49(43-22-6-2-7-23-43)34-19-39-56(57)59(54-38-17-25-42-24-10-11-31-48(42)54)46-29-16-26-44(40-46)50-35-18-36-53-51-32-14-15-37-55(51)60(58(50)53)45-27-8-3-9-28-45/h1-40H. The van der Waals surface area contributed by atoms with Crippen molar-refractivity contribution < 1.29 is 0 Å². The fourth-order valence-corrected chi connectivity index (χ4v) is 9.16. The lowest BCUT2D eigenvalue weighted by Gasteiger charge is -2.31. The van der Waals surface area contributed by atoms with E-state index < -0.39 is 0 Å². The molecular formula is C58H40N2. The van der Waals surface area contributed by atoms with Gasteiger partial charge in [0.05, 0.1) is 22.4 Å². The van der Waals surface area contributed by atoms with Gasteiger partial charge < -0.3 is 9.47 Å². The fraction of sp³-hybridized carbons (Fsp3) is 0. The molecule has 0 fully saturated rings. The molecule has 0 saturated heterocycles. The predicted molar refractivity (Wildman–Crippen MR) is 255 cm³/mol. The molecule has 1 aromatic heterocycles. The largest absolute Gasteiger partial charge is 0.309 e. The number of benzene rings is 10. The SMILES string of the molecule is c1ccc(-c2ccccc2-c2c(-c3ccccc3)cccc2N(c2cccc(-c3cccc4c5ccccc5n(-c5ccccc5)c34)c2)c2cccc3ccccc23)cc1. The molecule has 282 valence electrons. The number of anilines is 3. The second-order valence-corrected chi connectivity index (χ2v) is 15.3. The zero-order chi connectivity index (χ0) is 39.8. The zero-order valence-electron chi connectivity index (χ0n) is 33.0. The maximum Gasteiger partial charge on any atom is 0.0619 e. The van der Waals surface area contributed by atoms with Crippen molar-refractivity contribution in [1.82, 2.24) is 4.57 Å². The van der Waals surface area contributed by atoms with Gasteiger partial charge in [0.25, 0.3) is 0 Å². The van der Waals surface area contributed by atoms with Gasteiger partial charge in [-0.3, -0.25) is 0 Å². The van der Waals surface area contributed by atoms with Gasteiger partial charge in [0.1, 0.15) is 0 Å². The van der Waals surface area contributed by atoms with Crippen molar-refractivity contribution >= 4 is 49.6 Å². The number of fused-ring (bicyclic) bond motifs is 4. The molecule has 0 aliphatic heterocycles. The Morgan fingerprint density at radius 2 is 0.833 bits per heavy atom. The first kappa shape index (κ1) is 35.2. The van der Waals surface area contributed by atoms with Crippen LogP contribution in [0.25, 0.3) is 82.8 Å². The average molecular weight is 765 g/mol. The summed E-state index contributed by atoms with van der Waals surface area (Å²) in [5.41, 5.74) is 16.2. The van der Waals surface area contributed by atoms with Crippen molar-refractivity contribution in [3.05, 3.63) is 243 Å². The Morgan fingerprint density at radius 3 is 1.63 bits per heavy atom. The lowest BCUT2D eigenvalue weighted by molar-refractivity contribution is 1.18. The van der Waals surface area contributed by atoms with Crippen molar-refractivity contribution in [2.45, 2.75) is 0 Å². The van der Waals surface area contributed by atoms with Crippen molar-refractivity contribution in [1.29, 1.82) is 0 Å². The lowest BCUT2D eigenvalue weighted by atomic mass is 9.87. The minimum absolute atomic E-state index is 1.08. The molecule has 0 unspecified atom stereocenters. The summed E-state index contributed by atoms with van der Waals surface area (Å²) in [4.78, 5) is 2.49. The smallest absolute Gasteiger partial charge is 0.0619 e. The van der Waals surface area contributed by atoms with E-state index in [2.05, 4.69) is 252 Å². The maximum atomic E-state index is 2.49. The topological polar surface area (TPSA) is 8.17 Å². The third kappa shape index (κ3) is 6.06. The summed E-state index contributed by atoms with van der Waals surface area (Å²) in [6.45, 7) is 0. The van der Waals surface area contributed by atoms with Crippen LogP contribution in [-0.4, -0.2) is 4.57 Å². The first-order chi connectivity index (χ1) is 29.8. The van der Waals surface area contributed by atoms with Crippen LogP contribution in [0.1, 0.15) is 0 Å². The fourth-order valence-electron chi connectivity index (χ4n) is 9.16. The van der Waals surface area contributed by atoms with E-state index in [1.54, 1.807) is 0 Å². The first-order valence-electron chi connectivity index (χ1n) is 20.6. The zero-order valence-corrected chi connectivity index (χ0v) is 33.0. The highest BCUT2D eigenvalue weighted by molar-refractivity contribution is 6.14. The van der Waals surface area contributed by atoms with Crippen molar-refractivity contribution in [3.63, 3.8) is 0 Å². The van der Waals surface area contributed by atoms with Crippen LogP contribution in [0, 0.1) is 0 Å². The van der Waals surface area contributed by atoms with Gasteiger partial charge in [-0.05, 0) is 81.2 Å². The average Bonchev–Trinajstić information content (AvgIpc) is 3.67. The highest BCUT2D eigenvalue weighted by Gasteiger charge is 2.25. The normalized spacial score (nSPS) is 11.3. The highest BCUT2D eigenvalue weighted by atomic mass is 15.1. The van der Waals surface area contributed by atoms with Crippen LogP contribution < -0.4 is 4.90 Å². The van der Waals surface area contributed by atoms with Crippen LogP contribution in [0.3, 0.4) is 0 Å². The third-order valence-electron chi connectivity index (χ3n) is 11.8. The molecule has 0 saturated carbocycles. The van der Waals surface area contributed by atoms with E-state index in [-0.39, 0.29) is 0 Å². The molecule has 0 bridgehead atoms. The molecule has 0 aliphatic carbocycles. The van der Waals surface area contributed by atoms with E-state index in [1.165, 1.54) is 71.5 Å². The Hall–Kier alpha value is -7.94. The summed E-state index contributed by atoms with van der Waals surface area (Å²) in [6.07, 6.45) is 0. The van der Waals surface area contributed by atoms with Crippen molar-refractivity contribution in [2.75, 3.05) is 4.90 Å². The van der Waals surface area contributed by atoms with Crippen LogP contribution in [-0.2, 0) is 0 Å². The van der Waals surface area contributed by atoms with Gasteiger partial charge in [-0.2, -0.15) is 0 Å². The molecule has 0 spiro atoms. The monoisotopic (exact) mass is 764 g/mol. The van der Waals surface area contributed by atoms with Crippen LogP contribution in [0.4, 0.5) is 17.1 Å². The summed E-state index contributed by atoms with van der Waals surface area (Å²) in [5, 5.41) is 4.85. The van der Waals surface area contributed by atoms with E-state index in [0.717, 1.165) is 28.3 Å². The Morgan fingerprint density at radius 1 is 0.317 bits per heavy atom. The molecule has 1 heterocycles. The van der Waals surface area contributed by atoms with E-state index in [0.29, 0.717) is 0 Å². The van der Waals surface area contributed by atoms with E-state index in [9.17, 15) is 0 Å². The van der Waals surface area contributed by atoms with Gasteiger partial charge in [-0.1, -0.05) is 200 Å². The molecule has 0 radical (unpaired) electrons. The second-order valence-electron chi connectivity index (χ2n) is 15.3. The number of hydrogen-bond acceptors (Lipinski definition) is 1. The molecule has 2 nitrogen and oxygen atoms in total. The Labute approximate surface area is 350 Å². The molecule has 10 aromatic carbocycles. The summed E-state index contributed by atoms with van der Waals surface area (Å²) in [7, 11) is 0. The minimum Gasteiger partial charge on any atom is -0.309 e. The van der Waals surface area contributed by atoms with Gasteiger partial charge in [0.15, 0.2) is 0 Å². The molecule has 0 atom stereocenters. The maximum absolute atomic E-state index is 2.49. The minimum atomic E-state index is 1.08. The first-order valence-corrected chi connectivity index (χ1v) is 20.6. The second kappa shape index (κ2) is 15.1. The van der Waals surface area contributed by atoms with E-state index >= 15 is 0 Å². The summed E-state index contributed by atoms with van der Waals surface area (Å²) < 4.78 is 2.43. The van der Waals surface area contributed by atoms with E-state index in [1.807, 2.05) is 0 Å². The highest BCUT2D eigenvalue weighted by Crippen LogP contribution is 2.50. The molecule has 0 N–H and O–H groups in total. The quantitative estimate of drug-likeness (QED) is 0.150. The Balaban J connectivity index is 1.21. The summed E-state index contributed by atoms with van der Waals surface area (Å²) in [5.74, 6) is 0. The third-order valence-corrected chi connectivity index (χ3v) is 11.8. The van der Waals surface area contributed by atoms with Crippen molar-refractivity contribution in [2.24, 2.45) is 0 Å². The van der Waals surface area contributed by atoms with Crippen LogP contribution in [0.5, 0.6) is 0 Å². The number of rotatable bonds is 8. The number of hydrogen-bond donors (Lipinski definition) is 0. The number of nitrogens with zero attached hydrogens (tertiary/aromatic N) is 2. The molecule has 11 rings (SSSR count). The number of para-hydroxylation sites is 3.